The molecule has 0 saturated carbocycles. The zero-order valence-corrected chi connectivity index (χ0v) is 18.4. The van der Waals surface area contributed by atoms with Gasteiger partial charge >= 0.3 is 6.03 Å². The Kier molecular flexibility index (Phi) is 6.41. The zero-order chi connectivity index (χ0) is 22.7. The summed E-state index contributed by atoms with van der Waals surface area (Å²) in [6.07, 6.45) is 0.837. The molecule has 3 rings (SSSR count). The highest BCUT2D eigenvalue weighted by Gasteiger charge is 2.16. The van der Waals surface area contributed by atoms with Crippen LogP contribution < -0.4 is 15.9 Å². The van der Waals surface area contributed by atoms with Crippen LogP contribution in [0.1, 0.15) is 32.7 Å². The minimum Gasteiger partial charge on any atom is -0.489 e. The molecular formula is C23H27N5O3. The van der Waals surface area contributed by atoms with Crippen molar-refractivity contribution in [1.29, 1.82) is 0 Å². The molecule has 0 aliphatic rings. The van der Waals surface area contributed by atoms with Crippen LogP contribution >= 0.6 is 0 Å². The molecule has 0 unspecified atom stereocenters. The normalized spacial score (nSPS) is 10.6. The molecule has 0 radical (unpaired) electrons. The average molecular weight is 422 g/mol. The second kappa shape index (κ2) is 9.01. The number of nitrogens with one attached hydrogen (secondary N) is 1. The molecule has 0 spiro atoms. The van der Waals surface area contributed by atoms with E-state index >= 15 is 0 Å². The molecular weight excluding hydrogens is 394 g/mol. The van der Waals surface area contributed by atoms with Gasteiger partial charge in [0.1, 0.15) is 18.1 Å². The third kappa shape index (κ3) is 4.59. The number of hydrogen-bond acceptors (Lipinski definition) is 5. The highest BCUT2D eigenvalue weighted by Crippen LogP contribution is 2.30. The molecule has 2 amide bonds. The Hall–Kier alpha value is -3.65. The number of urea groups is 1. The van der Waals surface area contributed by atoms with Gasteiger partial charge in [-0.05, 0) is 56.2 Å². The molecule has 3 N–H and O–H groups in total. The Balaban J connectivity index is 1.84. The van der Waals surface area contributed by atoms with Gasteiger partial charge in [0, 0.05) is 36.6 Å². The number of aromatic nitrogens is 2. The molecule has 0 atom stereocenters. The fourth-order valence-electron chi connectivity index (χ4n) is 3.30. The molecule has 0 aliphatic carbocycles. The lowest BCUT2D eigenvalue weighted by atomic mass is 10.0. The van der Waals surface area contributed by atoms with E-state index in [0.29, 0.717) is 22.7 Å². The van der Waals surface area contributed by atoms with Crippen molar-refractivity contribution >= 4 is 18.0 Å². The van der Waals surface area contributed by atoms with Crippen LogP contribution in [0.15, 0.2) is 36.4 Å². The number of nitrogens with two attached hydrogens (primary N) is 1. The summed E-state index contributed by atoms with van der Waals surface area (Å²) in [5.41, 5.74) is 6.33. The maximum atomic E-state index is 12.0. The third-order valence-corrected chi connectivity index (χ3v) is 5.29. The summed E-state index contributed by atoms with van der Waals surface area (Å²) in [4.78, 5) is 23.5. The van der Waals surface area contributed by atoms with Crippen molar-refractivity contribution in [3.8, 4) is 17.0 Å². The van der Waals surface area contributed by atoms with E-state index < -0.39 is 6.03 Å². The van der Waals surface area contributed by atoms with Crippen LogP contribution in [0, 0.1) is 20.8 Å². The van der Waals surface area contributed by atoms with Crippen LogP contribution in [-0.2, 0) is 13.7 Å². The minimum absolute atomic E-state index is 0.277. The van der Waals surface area contributed by atoms with Crippen molar-refractivity contribution in [3.63, 3.8) is 0 Å². The number of benzene rings is 2. The predicted molar refractivity (Wildman–Crippen MR) is 120 cm³/mol. The van der Waals surface area contributed by atoms with Gasteiger partial charge in [-0.2, -0.15) is 5.10 Å². The van der Waals surface area contributed by atoms with Crippen molar-refractivity contribution in [3.05, 3.63) is 64.3 Å². The van der Waals surface area contributed by atoms with E-state index in [1.165, 1.54) is 7.05 Å². The van der Waals surface area contributed by atoms with Crippen LogP contribution in [0.25, 0.3) is 11.3 Å². The van der Waals surface area contributed by atoms with Crippen molar-refractivity contribution < 1.29 is 14.3 Å². The lowest BCUT2D eigenvalue weighted by Crippen LogP contribution is -2.37. The maximum Gasteiger partial charge on any atom is 0.335 e. The van der Waals surface area contributed by atoms with Crippen molar-refractivity contribution in [2.75, 3.05) is 12.4 Å². The Bertz CT molecular complexity index is 1130. The molecule has 0 aliphatic heterocycles. The molecule has 3 aromatic rings. The second-order valence-corrected chi connectivity index (χ2v) is 7.50. The van der Waals surface area contributed by atoms with E-state index in [0.717, 1.165) is 39.2 Å². The summed E-state index contributed by atoms with van der Waals surface area (Å²) < 4.78 is 7.77. The molecule has 0 saturated heterocycles. The number of aldehydes is 1. The number of carbonyl (C=O) groups is 2. The molecule has 8 heteroatoms. The number of nitrogens with zero attached hydrogens (tertiary/aromatic N) is 3. The van der Waals surface area contributed by atoms with Gasteiger partial charge in [-0.3, -0.25) is 14.5 Å². The second-order valence-electron chi connectivity index (χ2n) is 7.50. The molecule has 31 heavy (non-hydrogen) atoms. The summed E-state index contributed by atoms with van der Waals surface area (Å²) in [7, 11) is 3.29. The Morgan fingerprint density at radius 1 is 1.23 bits per heavy atom. The number of aryl methyl sites for hydroxylation is 3. The Morgan fingerprint density at radius 2 is 1.97 bits per heavy atom. The minimum atomic E-state index is -0.413. The largest absolute Gasteiger partial charge is 0.489 e. The van der Waals surface area contributed by atoms with Gasteiger partial charge in [0.2, 0.25) is 0 Å². The third-order valence-electron chi connectivity index (χ3n) is 5.29. The molecule has 8 nitrogen and oxygen atoms in total. The summed E-state index contributed by atoms with van der Waals surface area (Å²) in [5.74, 6) is 6.22. The van der Waals surface area contributed by atoms with Gasteiger partial charge < -0.3 is 10.1 Å². The lowest BCUT2D eigenvalue weighted by Gasteiger charge is -2.17. The van der Waals surface area contributed by atoms with Gasteiger partial charge in [0.05, 0.1) is 5.56 Å². The topological polar surface area (TPSA) is 102 Å². The number of rotatable bonds is 6. The standard InChI is InChI=1S/C23H27N5O3/c1-14-7-6-8-20(25-23(30)27(4)24)19(14)13-31-21-10-9-17(11-15(21)2)22-18(12-29)16(3)28(5)26-22/h6-12H,13,24H2,1-5H3,(H,25,30). The lowest BCUT2D eigenvalue weighted by molar-refractivity contribution is 0.112. The number of amides is 2. The first-order chi connectivity index (χ1) is 14.7. The van der Waals surface area contributed by atoms with Gasteiger partial charge in [0.15, 0.2) is 6.29 Å². The van der Waals surface area contributed by atoms with Crippen molar-refractivity contribution in [2.45, 2.75) is 27.4 Å². The molecule has 1 heterocycles. The van der Waals surface area contributed by atoms with E-state index in [4.69, 9.17) is 10.6 Å². The van der Waals surface area contributed by atoms with Gasteiger partial charge in [-0.15, -0.1) is 0 Å². The first-order valence-corrected chi connectivity index (χ1v) is 9.83. The SMILES string of the molecule is Cc1cc(-c2nn(C)c(C)c2C=O)ccc1OCc1c(C)cccc1NC(=O)N(C)N. The predicted octanol–water partition coefficient (Wildman–Crippen LogP) is 3.74. The monoisotopic (exact) mass is 421 g/mol. The first-order valence-electron chi connectivity index (χ1n) is 9.83. The molecule has 0 bridgehead atoms. The van der Waals surface area contributed by atoms with Gasteiger partial charge in [-0.25, -0.2) is 10.6 Å². The number of hydrazine groups is 1. The fraction of sp³-hybridized carbons (Fsp3) is 0.261. The summed E-state index contributed by atoms with van der Waals surface area (Å²) >= 11 is 0. The molecule has 0 fully saturated rings. The smallest absolute Gasteiger partial charge is 0.335 e. The van der Waals surface area contributed by atoms with E-state index in [1.54, 1.807) is 4.68 Å². The Labute approximate surface area is 181 Å². The molecule has 1 aromatic heterocycles. The maximum absolute atomic E-state index is 12.0. The van der Waals surface area contributed by atoms with E-state index in [9.17, 15) is 9.59 Å². The van der Waals surface area contributed by atoms with Crippen LogP contribution in [0.2, 0.25) is 0 Å². The highest BCUT2D eigenvalue weighted by atomic mass is 16.5. The number of carbonyl (C=O) groups excluding carboxylic acids is 2. The van der Waals surface area contributed by atoms with Crippen LogP contribution in [0.5, 0.6) is 5.75 Å². The fourth-order valence-corrected chi connectivity index (χ4v) is 3.30. The number of hydrogen-bond donors (Lipinski definition) is 2. The zero-order valence-electron chi connectivity index (χ0n) is 18.4. The van der Waals surface area contributed by atoms with Crippen LogP contribution in [0.4, 0.5) is 10.5 Å². The van der Waals surface area contributed by atoms with E-state index in [2.05, 4.69) is 10.4 Å². The highest BCUT2D eigenvalue weighted by molar-refractivity contribution is 5.90. The van der Waals surface area contributed by atoms with Crippen molar-refractivity contribution in [2.24, 2.45) is 12.9 Å². The summed E-state index contributed by atoms with van der Waals surface area (Å²) in [6.45, 7) is 6.05. The van der Waals surface area contributed by atoms with E-state index in [-0.39, 0.29) is 6.61 Å². The average Bonchev–Trinajstić information content (AvgIpc) is 3.02. The summed E-state index contributed by atoms with van der Waals surface area (Å²) in [5, 5.41) is 8.25. The first kappa shape index (κ1) is 22.0. The van der Waals surface area contributed by atoms with Crippen LogP contribution in [-0.4, -0.2) is 34.2 Å². The number of ether oxygens (including phenoxy) is 1. The molecule has 2 aromatic carbocycles. The Morgan fingerprint density at radius 3 is 2.61 bits per heavy atom. The number of anilines is 1. The quantitative estimate of drug-likeness (QED) is 0.273. The van der Waals surface area contributed by atoms with E-state index in [1.807, 2.05) is 64.2 Å². The van der Waals surface area contributed by atoms with Gasteiger partial charge in [-0.1, -0.05) is 12.1 Å². The van der Waals surface area contributed by atoms with Gasteiger partial charge in [0.25, 0.3) is 0 Å². The van der Waals surface area contributed by atoms with Crippen LogP contribution in [0.3, 0.4) is 0 Å². The summed E-state index contributed by atoms with van der Waals surface area (Å²) in [6, 6.07) is 10.9. The van der Waals surface area contributed by atoms with Crippen molar-refractivity contribution in [1.82, 2.24) is 14.8 Å². The molecule has 162 valence electrons.